The van der Waals surface area contributed by atoms with E-state index in [0.29, 0.717) is 0 Å². The Kier molecular flexibility index (Phi) is 5.49. The van der Waals surface area contributed by atoms with Crippen LogP contribution in [0.4, 0.5) is 4.79 Å². The second-order valence-electron chi connectivity index (χ2n) is 4.14. The first-order valence-corrected chi connectivity index (χ1v) is 5.74. The SMILES string of the molecule is CC(C)C(NC(=O)OCCO)c1ccccc1. The summed E-state index contributed by atoms with van der Waals surface area (Å²) in [6.45, 7) is 3.92. The van der Waals surface area contributed by atoms with Crippen molar-refractivity contribution in [2.75, 3.05) is 13.2 Å². The highest BCUT2D eigenvalue weighted by atomic mass is 16.6. The standard InChI is InChI=1S/C13H19NO3/c1-10(2)12(11-6-4-3-5-7-11)14-13(16)17-9-8-15/h3-7,10,12,15H,8-9H2,1-2H3,(H,14,16). The molecule has 4 nitrogen and oxygen atoms in total. The smallest absolute Gasteiger partial charge is 0.407 e. The second kappa shape index (κ2) is 6.91. The Hall–Kier alpha value is -1.55. The van der Waals surface area contributed by atoms with E-state index in [1.54, 1.807) is 0 Å². The third-order valence-corrected chi connectivity index (χ3v) is 2.42. The Morgan fingerprint density at radius 1 is 1.35 bits per heavy atom. The first kappa shape index (κ1) is 13.5. The maximum atomic E-state index is 11.4. The summed E-state index contributed by atoms with van der Waals surface area (Å²) in [5, 5.41) is 11.4. The van der Waals surface area contributed by atoms with Gasteiger partial charge in [-0.15, -0.1) is 0 Å². The van der Waals surface area contributed by atoms with Crippen molar-refractivity contribution in [3.8, 4) is 0 Å². The first-order valence-electron chi connectivity index (χ1n) is 5.74. The molecule has 0 aliphatic carbocycles. The molecule has 1 aromatic rings. The number of aliphatic hydroxyl groups is 1. The molecule has 0 aromatic heterocycles. The van der Waals surface area contributed by atoms with Crippen LogP contribution in [0.25, 0.3) is 0 Å². The van der Waals surface area contributed by atoms with Crippen LogP contribution in [0.3, 0.4) is 0 Å². The van der Waals surface area contributed by atoms with Crippen LogP contribution < -0.4 is 5.32 Å². The highest BCUT2D eigenvalue weighted by molar-refractivity contribution is 5.67. The predicted octanol–water partition coefficient (Wildman–Crippen LogP) is 2.10. The third-order valence-electron chi connectivity index (χ3n) is 2.42. The van der Waals surface area contributed by atoms with E-state index in [1.165, 1.54) is 0 Å². The lowest BCUT2D eigenvalue weighted by Gasteiger charge is -2.22. The lowest BCUT2D eigenvalue weighted by Crippen LogP contribution is -2.32. The minimum absolute atomic E-state index is 0.0193. The van der Waals surface area contributed by atoms with Crippen LogP contribution in [0.15, 0.2) is 30.3 Å². The van der Waals surface area contributed by atoms with Crippen molar-refractivity contribution in [2.24, 2.45) is 5.92 Å². The summed E-state index contributed by atoms with van der Waals surface area (Å²) in [7, 11) is 0. The fourth-order valence-electron chi connectivity index (χ4n) is 1.60. The number of benzene rings is 1. The number of aliphatic hydroxyl groups excluding tert-OH is 1. The van der Waals surface area contributed by atoms with Gasteiger partial charge in [0.2, 0.25) is 0 Å². The van der Waals surface area contributed by atoms with Gasteiger partial charge in [0.15, 0.2) is 0 Å². The molecule has 0 heterocycles. The minimum Gasteiger partial charge on any atom is -0.447 e. The van der Waals surface area contributed by atoms with Gasteiger partial charge in [0.1, 0.15) is 6.61 Å². The van der Waals surface area contributed by atoms with Gasteiger partial charge >= 0.3 is 6.09 Å². The van der Waals surface area contributed by atoms with Gasteiger partial charge in [-0.25, -0.2) is 4.79 Å². The van der Waals surface area contributed by atoms with Gasteiger partial charge in [-0.05, 0) is 11.5 Å². The van der Waals surface area contributed by atoms with Crippen LogP contribution in [-0.4, -0.2) is 24.4 Å². The molecule has 0 aliphatic heterocycles. The molecule has 0 bridgehead atoms. The highest BCUT2D eigenvalue weighted by Crippen LogP contribution is 2.21. The zero-order valence-electron chi connectivity index (χ0n) is 10.2. The summed E-state index contributed by atoms with van der Waals surface area (Å²) in [4.78, 5) is 11.4. The Labute approximate surface area is 102 Å². The second-order valence-corrected chi connectivity index (χ2v) is 4.14. The summed E-state index contributed by atoms with van der Waals surface area (Å²) >= 11 is 0. The molecule has 1 unspecified atom stereocenters. The van der Waals surface area contributed by atoms with Crippen molar-refractivity contribution >= 4 is 6.09 Å². The lowest BCUT2D eigenvalue weighted by molar-refractivity contribution is 0.114. The molecule has 0 fully saturated rings. The zero-order valence-corrected chi connectivity index (χ0v) is 10.2. The van der Waals surface area contributed by atoms with E-state index in [0.717, 1.165) is 5.56 Å². The van der Waals surface area contributed by atoms with E-state index in [4.69, 9.17) is 9.84 Å². The molecule has 1 rings (SSSR count). The number of hydrogen-bond donors (Lipinski definition) is 2. The molecule has 0 aliphatic rings. The number of rotatable bonds is 5. The largest absolute Gasteiger partial charge is 0.447 e. The Balaban J connectivity index is 2.65. The highest BCUT2D eigenvalue weighted by Gasteiger charge is 2.18. The number of amides is 1. The summed E-state index contributed by atoms with van der Waals surface area (Å²) in [6, 6.07) is 9.66. The topological polar surface area (TPSA) is 58.6 Å². The monoisotopic (exact) mass is 237 g/mol. The summed E-state index contributed by atoms with van der Waals surface area (Å²) < 4.78 is 4.79. The van der Waals surface area contributed by atoms with Crippen LogP contribution in [0.5, 0.6) is 0 Å². The van der Waals surface area contributed by atoms with Crippen molar-refractivity contribution in [3.05, 3.63) is 35.9 Å². The lowest BCUT2D eigenvalue weighted by atomic mass is 9.96. The van der Waals surface area contributed by atoms with Crippen molar-refractivity contribution in [2.45, 2.75) is 19.9 Å². The van der Waals surface area contributed by atoms with Crippen molar-refractivity contribution < 1.29 is 14.6 Å². The molecule has 1 atom stereocenters. The van der Waals surface area contributed by atoms with Gasteiger partial charge in [0, 0.05) is 0 Å². The van der Waals surface area contributed by atoms with Gasteiger partial charge in [0.25, 0.3) is 0 Å². The first-order chi connectivity index (χ1) is 8.15. The van der Waals surface area contributed by atoms with Gasteiger partial charge in [0.05, 0.1) is 12.6 Å². The van der Waals surface area contributed by atoms with Crippen molar-refractivity contribution in [3.63, 3.8) is 0 Å². The predicted molar refractivity (Wildman–Crippen MR) is 65.6 cm³/mol. The van der Waals surface area contributed by atoms with Crippen LogP contribution >= 0.6 is 0 Å². The Morgan fingerprint density at radius 3 is 2.53 bits per heavy atom. The number of ether oxygens (including phenoxy) is 1. The van der Waals surface area contributed by atoms with E-state index in [9.17, 15) is 4.79 Å². The van der Waals surface area contributed by atoms with Crippen LogP contribution in [-0.2, 0) is 4.74 Å². The molecule has 2 N–H and O–H groups in total. The maximum absolute atomic E-state index is 11.4. The van der Waals surface area contributed by atoms with Crippen LogP contribution in [0.1, 0.15) is 25.5 Å². The van der Waals surface area contributed by atoms with E-state index < -0.39 is 6.09 Å². The number of carbonyl (C=O) groups excluding carboxylic acids is 1. The van der Waals surface area contributed by atoms with Crippen LogP contribution in [0, 0.1) is 5.92 Å². The average Bonchev–Trinajstić information content (AvgIpc) is 2.34. The van der Waals surface area contributed by atoms with E-state index >= 15 is 0 Å². The number of hydrogen-bond acceptors (Lipinski definition) is 3. The molecule has 1 aromatic carbocycles. The quantitative estimate of drug-likeness (QED) is 0.824. The molecule has 0 radical (unpaired) electrons. The van der Waals surface area contributed by atoms with E-state index in [2.05, 4.69) is 5.32 Å². The summed E-state index contributed by atoms with van der Waals surface area (Å²) in [6.07, 6.45) is -0.499. The molecule has 17 heavy (non-hydrogen) atoms. The van der Waals surface area contributed by atoms with Gasteiger partial charge in [-0.3, -0.25) is 0 Å². The van der Waals surface area contributed by atoms with Gasteiger partial charge in [-0.1, -0.05) is 44.2 Å². The van der Waals surface area contributed by atoms with E-state index in [-0.39, 0.29) is 25.2 Å². The Morgan fingerprint density at radius 2 is 2.00 bits per heavy atom. The molecule has 4 heteroatoms. The Bertz CT molecular complexity index is 338. The molecule has 1 amide bonds. The maximum Gasteiger partial charge on any atom is 0.407 e. The fourth-order valence-corrected chi connectivity index (χ4v) is 1.60. The van der Waals surface area contributed by atoms with Crippen molar-refractivity contribution in [1.29, 1.82) is 0 Å². The normalized spacial score (nSPS) is 12.2. The number of carbonyl (C=O) groups is 1. The number of alkyl carbamates (subject to hydrolysis) is 1. The zero-order chi connectivity index (χ0) is 12.7. The third kappa shape index (κ3) is 4.44. The van der Waals surface area contributed by atoms with Gasteiger partial charge in [-0.2, -0.15) is 0 Å². The minimum atomic E-state index is -0.499. The fraction of sp³-hybridized carbons (Fsp3) is 0.462. The summed E-state index contributed by atoms with van der Waals surface area (Å²) in [5.74, 6) is 0.263. The molecule has 0 saturated heterocycles. The van der Waals surface area contributed by atoms with Gasteiger partial charge < -0.3 is 15.2 Å². The summed E-state index contributed by atoms with van der Waals surface area (Å²) in [5.41, 5.74) is 1.04. The molecular weight excluding hydrogens is 218 g/mol. The molecular formula is C13H19NO3. The molecule has 0 spiro atoms. The van der Waals surface area contributed by atoms with Crippen molar-refractivity contribution in [1.82, 2.24) is 5.32 Å². The molecule has 0 saturated carbocycles. The number of nitrogens with one attached hydrogen (secondary N) is 1. The van der Waals surface area contributed by atoms with E-state index in [1.807, 2.05) is 44.2 Å². The average molecular weight is 237 g/mol. The van der Waals surface area contributed by atoms with Crippen LogP contribution in [0.2, 0.25) is 0 Å². The molecule has 94 valence electrons.